The zero-order chi connectivity index (χ0) is 13.8. The molecule has 1 unspecified atom stereocenters. The molecule has 0 aliphatic carbocycles. The maximum Gasteiger partial charge on any atom is 0.156 e. The Bertz CT molecular complexity index is 439. The van der Waals surface area contributed by atoms with Gasteiger partial charge in [0, 0.05) is 38.1 Å². The molecule has 1 saturated heterocycles. The molecule has 2 heterocycles. The highest BCUT2D eigenvalue weighted by Gasteiger charge is 2.23. The van der Waals surface area contributed by atoms with Crippen LogP contribution in [0.3, 0.4) is 0 Å². The van der Waals surface area contributed by atoms with Crippen LogP contribution >= 0.6 is 11.3 Å². The van der Waals surface area contributed by atoms with E-state index in [0.29, 0.717) is 0 Å². The third-order valence-electron chi connectivity index (χ3n) is 3.55. The normalized spacial score (nSPS) is 20.6. The molecular formula is C12H21N5OS. The van der Waals surface area contributed by atoms with Crippen molar-refractivity contribution in [1.29, 1.82) is 0 Å². The molecular weight excluding hydrogens is 262 g/mol. The smallest absolute Gasteiger partial charge is 0.156 e. The van der Waals surface area contributed by atoms with Gasteiger partial charge in [0.05, 0.1) is 16.7 Å². The Morgan fingerprint density at radius 3 is 2.74 bits per heavy atom. The van der Waals surface area contributed by atoms with Crippen molar-refractivity contribution in [3.63, 3.8) is 0 Å². The predicted molar refractivity (Wildman–Crippen MR) is 76.6 cm³/mol. The first-order valence-corrected chi connectivity index (χ1v) is 7.33. The van der Waals surface area contributed by atoms with E-state index in [1.807, 2.05) is 13.8 Å². The Kier molecular flexibility index (Phi) is 4.73. The summed E-state index contributed by atoms with van der Waals surface area (Å²) in [6, 6.07) is -0.00586. The van der Waals surface area contributed by atoms with Crippen molar-refractivity contribution in [1.82, 2.24) is 14.8 Å². The molecule has 7 heteroatoms. The highest BCUT2D eigenvalue weighted by Crippen LogP contribution is 2.13. The molecule has 0 spiro atoms. The summed E-state index contributed by atoms with van der Waals surface area (Å²) in [7, 11) is 0. The summed E-state index contributed by atoms with van der Waals surface area (Å²) in [6.07, 6.45) is 0. The van der Waals surface area contributed by atoms with E-state index in [9.17, 15) is 0 Å². The molecule has 0 bridgehead atoms. The van der Waals surface area contributed by atoms with E-state index >= 15 is 0 Å². The molecule has 1 fully saturated rings. The van der Waals surface area contributed by atoms with Crippen LogP contribution in [0.5, 0.6) is 0 Å². The molecule has 2 rings (SSSR count). The van der Waals surface area contributed by atoms with Crippen molar-refractivity contribution in [3.05, 3.63) is 16.1 Å². The summed E-state index contributed by atoms with van der Waals surface area (Å²) in [4.78, 5) is 9.12. The molecule has 3 N–H and O–H groups in total. The van der Waals surface area contributed by atoms with Crippen molar-refractivity contribution >= 4 is 17.2 Å². The van der Waals surface area contributed by atoms with Gasteiger partial charge < -0.3 is 10.9 Å². The van der Waals surface area contributed by atoms with E-state index in [0.717, 1.165) is 43.4 Å². The molecule has 106 valence electrons. The zero-order valence-corrected chi connectivity index (χ0v) is 12.2. The van der Waals surface area contributed by atoms with Crippen molar-refractivity contribution in [2.75, 3.05) is 26.2 Å². The fraction of sp³-hybridized carbons (Fsp3) is 0.667. The number of rotatable bonds is 4. The van der Waals surface area contributed by atoms with Gasteiger partial charge in [0.25, 0.3) is 0 Å². The predicted octanol–water partition coefficient (Wildman–Crippen LogP) is 0.704. The first-order chi connectivity index (χ1) is 9.10. The van der Waals surface area contributed by atoms with E-state index in [2.05, 4.69) is 25.3 Å². The van der Waals surface area contributed by atoms with E-state index in [-0.39, 0.29) is 11.9 Å². The SMILES string of the molecule is Cc1nc(CN2CCN(C(C)C(N)=NO)CC2)cs1. The van der Waals surface area contributed by atoms with Crippen LogP contribution in [0, 0.1) is 6.92 Å². The number of piperazine rings is 1. The van der Waals surface area contributed by atoms with Gasteiger partial charge in [-0.2, -0.15) is 0 Å². The summed E-state index contributed by atoms with van der Waals surface area (Å²) in [5, 5.41) is 15.0. The number of thiazole rings is 1. The number of aryl methyl sites for hydroxylation is 1. The monoisotopic (exact) mass is 283 g/mol. The van der Waals surface area contributed by atoms with E-state index in [4.69, 9.17) is 10.9 Å². The average Bonchev–Trinajstić information content (AvgIpc) is 2.83. The summed E-state index contributed by atoms with van der Waals surface area (Å²) >= 11 is 1.70. The fourth-order valence-corrected chi connectivity index (χ4v) is 2.89. The minimum absolute atomic E-state index is 0.00586. The molecule has 0 aromatic carbocycles. The van der Waals surface area contributed by atoms with Crippen LogP contribution in [0.15, 0.2) is 10.5 Å². The molecule has 0 radical (unpaired) electrons. The number of nitrogens with zero attached hydrogens (tertiary/aromatic N) is 4. The van der Waals surface area contributed by atoms with Crippen molar-refractivity contribution in [2.24, 2.45) is 10.9 Å². The van der Waals surface area contributed by atoms with Gasteiger partial charge in [-0.15, -0.1) is 11.3 Å². The van der Waals surface area contributed by atoms with Crippen LogP contribution in [0.2, 0.25) is 0 Å². The Labute approximate surface area is 117 Å². The van der Waals surface area contributed by atoms with Gasteiger partial charge in [-0.05, 0) is 13.8 Å². The quantitative estimate of drug-likeness (QED) is 0.368. The van der Waals surface area contributed by atoms with Crippen molar-refractivity contribution < 1.29 is 5.21 Å². The van der Waals surface area contributed by atoms with E-state index in [1.54, 1.807) is 11.3 Å². The van der Waals surface area contributed by atoms with Gasteiger partial charge in [-0.25, -0.2) is 4.98 Å². The second kappa shape index (κ2) is 6.31. The lowest BCUT2D eigenvalue weighted by molar-refractivity contribution is 0.115. The number of amidine groups is 1. The number of oxime groups is 1. The largest absolute Gasteiger partial charge is 0.409 e. The summed E-state index contributed by atoms with van der Waals surface area (Å²) in [5.74, 6) is 0.281. The minimum Gasteiger partial charge on any atom is -0.409 e. The number of nitrogens with two attached hydrogens (primary N) is 1. The fourth-order valence-electron chi connectivity index (χ4n) is 2.29. The van der Waals surface area contributed by atoms with E-state index < -0.39 is 0 Å². The second-order valence-electron chi connectivity index (χ2n) is 4.87. The third-order valence-corrected chi connectivity index (χ3v) is 4.37. The highest BCUT2D eigenvalue weighted by molar-refractivity contribution is 7.09. The Balaban J connectivity index is 1.82. The molecule has 1 aromatic heterocycles. The second-order valence-corrected chi connectivity index (χ2v) is 5.93. The van der Waals surface area contributed by atoms with Crippen molar-refractivity contribution in [2.45, 2.75) is 26.4 Å². The van der Waals surface area contributed by atoms with Crippen LogP contribution in [0.4, 0.5) is 0 Å². The summed E-state index contributed by atoms with van der Waals surface area (Å²) < 4.78 is 0. The number of hydrogen-bond acceptors (Lipinski definition) is 6. The number of aromatic nitrogens is 1. The van der Waals surface area contributed by atoms with Crippen LogP contribution in [-0.4, -0.2) is 58.0 Å². The highest BCUT2D eigenvalue weighted by atomic mass is 32.1. The van der Waals surface area contributed by atoms with Gasteiger partial charge in [0.2, 0.25) is 0 Å². The molecule has 1 aliphatic rings. The molecule has 1 aliphatic heterocycles. The molecule has 19 heavy (non-hydrogen) atoms. The lowest BCUT2D eigenvalue weighted by Gasteiger charge is -2.37. The zero-order valence-electron chi connectivity index (χ0n) is 11.4. The minimum atomic E-state index is -0.00586. The standard InChI is InChI=1S/C12H21N5OS/c1-9(12(13)15-18)17-5-3-16(4-6-17)7-11-8-19-10(2)14-11/h8-9,18H,3-7H2,1-2H3,(H2,13,15). The third kappa shape index (κ3) is 3.65. The van der Waals surface area contributed by atoms with Gasteiger partial charge in [-0.3, -0.25) is 9.80 Å². The molecule has 6 nitrogen and oxygen atoms in total. The summed E-state index contributed by atoms with van der Waals surface area (Å²) in [6.45, 7) is 8.75. The van der Waals surface area contributed by atoms with Gasteiger partial charge >= 0.3 is 0 Å². The summed E-state index contributed by atoms with van der Waals surface area (Å²) in [5.41, 5.74) is 6.80. The average molecular weight is 283 g/mol. The van der Waals surface area contributed by atoms with Gasteiger partial charge in [-0.1, -0.05) is 5.16 Å². The molecule has 1 atom stereocenters. The van der Waals surface area contributed by atoms with Gasteiger partial charge in [0.15, 0.2) is 5.84 Å². The lowest BCUT2D eigenvalue weighted by Crippen LogP contribution is -2.52. The maximum absolute atomic E-state index is 8.70. The van der Waals surface area contributed by atoms with Crippen LogP contribution < -0.4 is 5.73 Å². The topological polar surface area (TPSA) is 78.0 Å². The lowest BCUT2D eigenvalue weighted by atomic mass is 10.2. The maximum atomic E-state index is 8.70. The number of hydrogen-bond donors (Lipinski definition) is 2. The molecule has 0 saturated carbocycles. The Hall–Kier alpha value is -1.18. The van der Waals surface area contributed by atoms with Crippen LogP contribution in [0.1, 0.15) is 17.6 Å². The van der Waals surface area contributed by atoms with Gasteiger partial charge in [0.1, 0.15) is 0 Å². The van der Waals surface area contributed by atoms with Crippen LogP contribution in [-0.2, 0) is 6.54 Å². The van der Waals surface area contributed by atoms with Crippen LogP contribution in [0.25, 0.3) is 0 Å². The molecule has 1 aromatic rings. The molecule has 0 amide bonds. The first-order valence-electron chi connectivity index (χ1n) is 6.45. The van der Waals surface area contributed by atoms with E-state index in [1.165, 1.54) is 0 Å². The van der Waals surface area contributed by atoms with Crippen molar-refractivity contribution in [3.8, 4) is 0 Å². The Morgan fingerprint density at radius 2 is 2.21 bits per heavy atom. The Morgan fingerprint density at radius 1 is 1.53 bits per heavy atom. The first kappa shape index (κ1) is 14.2.